The number of benzene rings is 1. The lowest BCUT2D eigenvalue weighted by Gasteiger charge is -2.40. The molecule has 1 heterocycles. The van der Waals surface area contributed by atoms with Crippen LogP contribution in [-0.2, 0) is 4.79 Å². The number of para-hydroxylation sites is 1. The first kappa shape index (κ1) is 17.1. The van der Waals surface area contributed by atoms with Crippen molar-refractivity contribution >= 4 is 11.9 Å². The number of carboxylic acids is 1. The van der Waals surface area contributed by atoms with E-state index in [0.29, 0.717) is 12.8 Å². The monoisotopic (exact) mass is 345 g/mol. The molecule has 0 atom stereocenters. The topological polar surface area (TPSA) is 75.4 Å². The molecule has 1 aliphatic carbocycles. The smallest absolute Gasteiger partial charge is 0.329 e. The van der Waals surface area contributed by atoms with Crippen LogP contribution in [0.25, 0.3) is 5.69 Å². The largest absolute Gasteiger partial charge is 0.479 e. The maximum atomic E-state index is 13.9. The van der Waals surface area contributed by atoms with Gasteiger partial charge in [0, 0.05) is 13.2 Å². The highest BCUT2D eigenvalue weighted by Crippen LogP contribution is 2.34. The second kappa shape index (κ2) is 6.66. The van der Waals surface area contributed by atoms with E-state index in [1.165, 1.54) is 35.0 Å². The van der Waals surface area contributed by atoms with Crippen molar-refractivity contribution in [3.05, 3.63) is 48.0 Å². The molecule has 1 aromatic heterocycles. The van der Waals surface area contributed by atoms with Crippen LogP contribution in [0, 0.1) is 5.82 Å². The molecule has 2 aromatic rings. The minimum absolute atomic E-state index is 0.0944. The number of carbonyl (C=O) groups is 2. The number of nitrogens with zero attached hydrogens (tertiary/aromatic N) is 3. The van der Waals surface area contributed by atoms with Crippen LogP contribution in [0.3, 0.4) is 0 Å². The number of aliphatic carboxylic acids is 1. The second-order valence-corrected chi connectivity index (χ2v) is 6.36. The summed E-state index contributed by atoms with van der Waals surface area (Å²) >= 11 is 0. The molecule has 6 nitrogen and oxygen atoms in total. The zero-order valence-corrected chi connectivity index (χ0v) is 14.0. The van der Waals surface area contributed by atoms with Gasteiger partial charge in [0.2, 0.25) is 0 Å². The van der Waals surface area contributed by atoms with E-state index in [4.69, 9.17) is 0 Å². The summed E-state index contributed by atoms with van der Waals surface area (Å²) in [4.78, 5) is 25.9. The van der Waals surface area contributed by atoms with Crippen LogP contribution in [0.2, 0.25) is 0 Å². The third kappa shape index (κ3) is 3.01. The molecule has 7 heteroatoms. The standard InChI is InChI=1S/C18H20FN3O3/c1-21(18(17(24)25)10-5-2-6-11-18)16(23)14-9-12-22(20-14)15-8-4-3-7-13(15)19/h3-4,7-9,12H,2,5-6,10-11H2,1H3,(H,24,25). The summed E-state index contributed by atoms with van der Waals surface area (Å²) < 4.78 is 15.2. The van der Waals surface area contributed by atoms with Gasteiger partial charge in [0.25, 0.3) is 5.91 Å². The molecule has 1 N–H and O–H groups in total. The van der Waals surface area contributed by atoms with Crippen molar-refractivity contribution in [3.8, 4) is 5.69 Å². The maximum absolute atomic E-state index is 13.9. The van der Waals surface area contributed by atoms with Gasteiger partial charge in [0.05, 0.1) is 0 Å². The molecular weight excluding hydrogens is 325 g/mol. The lowest BCUT2D eigenvalue weighted by Crippen LogP contribution is -2.56. The molecule has 1 aromatic carbocycles. The molecule has 0 bridgehead atoms. The van der Waals surface area contributed by atoms with E-state index in [1.54, 1.807) is 18.2 Å². The van der Waals surface area contributed by atoms with Gasteiger partial charge >= 0.3 is 5.97 Å². The molecule has 25 heavy (non-hydrogen) atoms. The number of hydrogen-bond acceptors (Lipinski definition) is 3. The van der Waals surface area contributed by atoms with E-state index in [-0.39, 0.29) is 11.4 Å². The summed E-state index contributed by atoms with van der Waals surface area (Å²) in [6, 6.07) is 7.59. The molecule has 0 saturated heterocycles. The molecule has 3 rings (SSSR count). The molecular formula is C18H20FN3O3. The van der Waals surface area contributed by atoms with Crippen molar-refractivity contribution in [2.45, 2.75) is 37.6 Å². The molecule has 0 unspecified atom stereocenters. The first-order valence-corrected chi connectivity index (χ1v) is 8.28. The number of carboxylic acid groups (broad SMARTS) is 1. The van der Waals surface area contributed by atoms with Crippen LogP contribution >= 0.6 is 0 Å². The van der Waals surface area contributed by atoms with Crippen molar-refractivity contribution in [2.24, 2.45) is 0 Å². The molecule has 0 aliphatic heterocycles. The fourth-order valence-electron chi connectivity index (χ4n) is 3.41. The third-order valence-corrected chi connectivity index (χ3v) is 4.93. The molecule has 1 saturated carbocycles. The van der Waals surface area contributed by atoms with Crippen molar-refractivity contribution in [2.75, 3.05) is 7.05 Å². The van der Waals surface area contributed by atoms with Crippen LogP contribution in [0.1, 0.15) is 42.6 Å². The molecule has 1 aliphatic rings. The van der Waals surface area contributed by atoms with Gasteiger partial charge in [-0.1, -0.05) is 31.4 Å². The van der Waals surface area contributed by atoms with Crippen molar-refractivity contribution in [1.82, 2.24) is 14.7 Å². The lowest BCUT2D eigenvalue weighted by atomic mass is 9.80. The van der Waals surface area contributed by atoms with E-state index in [9.17, 15) is 19.1 Å². The molecule has 1 amide bonds. The number of aromatic nitrogens is 2. The Morgan fingerprint density at radius 3 is 2.52 bits per heavy atom. The summed E-state index contributed by atoms with van der Waals surface area (Å²) in [5.74, 6) is -1.91. The number of hydrogen-bond donors (Lipinski definition) is 1. The van der Waals surface area contributed by atoms with E-state index in [2.05, 4.69) is 5.10 Å². The van der Waals surface area contributed by atoms with Gasteiger partial charge in [-0.2, -0.15) is 5.10 Å². The average molecular weight is 345 g/mol. The van der Waals surface area contributed by atoms with Crippen LogP contribution in [0.4, 0.5) is 4.39 Å². The summed E-state index contributed by atoms with van der Waals surface area (Å²) in [5, 5.41) is 13.8. The van der Waals surface area contributed by atoms with Crippen molar-refractivity contribution in [3.63, 3.8) is 0 Å². The minimum atomic E-state index is -1.20. The highest BCUT2D eigenvalue weighted by Gasteiger charge is 2.46. The Morgan fingerprint density at radius 1 is 1.20 bits per heavy atom. The maximum Gasteiger partial charge on any atom is 0.329 e. The number of likely N-dealkylation sites (N-methyl/N-ethyl adjacent to an activating group) is 1. The number of amides is 1. The number of carbonyl (C=O) groups excluding carboxylic acids is 1. The highest BCUT2D eigenvalue weighted by molar-refractivity contribution is 5.96. The van der Waals surface area contributed by atoms with Crippen LogP contribution in [-0.4, -0.2) is 44.3 Å². The van der Waals surface area contributed by atoms with Gasteiger partial charge in [-0.05, 0) is 31.0 Å². The van der Waals surface area contributed by atoms with Gasteiger partial charge in [0.15, 0.2) is 5.69 Å². The highest BCUT2D eigenvalue weighted by atomic mass is 19.1. The Bertz CT molecular complexity index is 796. The zero-order chi connectivity index (χ0) is 18.0. The van der Waals surface area contributed by atoms with Gasteiger partial charge in [-0.25, -0.2) is 13.9 Å². The first-order chi connectivity index (χ1) is 12.0. The first-order valence-electron chi connectivity index (χ1n) is 8.28. The van der Waals surface area contributed by atoms with E-state index >= 15 is 0 Å². The minimum Gasteiger partial charge on any atom is -0.479 e. The number of halogens is 1. The van der Waals surface area contributed by atoms with E-state index in [1.807, 2.05) is 0 Å². The van der Waals surface area contributed by atoms with Crippen LogP contribution in [0.5, 0.6) is 0 Å². The Hall–Kier alpha value is -2.70. The fourth-order valence-corrected chi connectivity index (χ4v) is 3.41. The Kier molecular flexibility index (Phi) is 4.57. The number of rotatable bonds is 4. The van der Waals surface area contributed by atoms with Gasteiger partial charge in [-0.3, -0.25) is 4.79 Å². The summed E-state index contributed by atoms with van der Waals surface area (Å²) in [6.45, 7) is 0. The van der Waals surface area contributed by atoms with Crippen molar-refractivity contribution < 1.29 is 19.1 Å². The van der Waals surface area contributed by atoms with E-state index < -0.39 is 23.2 Å². The van der Waals surface area contributed by atoms with Crippen LogP contribution in [0.15, 0.2) is 36.5 Å². The molecule has 1 fully saturated rings. The van der Waals surface area contributed by atoms with Gasteiger partial charge in [-0.15, -0.1) is 0 Å². The molecule has 0 spiro atoms. The predicted octanol–water partition coefficient (Wildman–Crippen LogP) is 2.87. The Labute approximate surface area is 144 Å². The summed E-state index contributed by atoms with van der Waals surface area (Å²) in [7, 11) is 1.50. The predicted molar refractivity (Wildman–Crippen MR) is 89.1 cm³/mol. The SMILES string of the molecule is CN(C(=O)c1ccn(-c2ccccc2F)n1)C1(C(=O)O)CCCCC1. The van der Waals surface area contributed by atoms with Gasteiger partial charge in [0.1, 0.15) is 17.0 Å². The van der Waals surface area contributed by atoms with Crippen LogP contribution < -0.4 is 0 Å². The average Bonchev–Trinajstić information content (AvgIpc) is 3.11. The second-order valence-electron chi connectivity index (χ2n) is 6.36. The Morgan fingerprint density at radius 2 is 1.88 bits per heavy atom. The quantitative estimate of drug-likeness (QED) is 0.924. The lowest BCUT2D eigenvalue weighted by molar-refractivity contribution is -0.151. The molecule has 132 valence electrons. The normalized spacial score (nSPS) is 16.4. The Balaban J connectivity index is 1.88. The molecule has 0 radical (unpaired) electrons. The van der Waals surface area contributed by atoms with E-state index in [0.717, 1.165) is 19.3 Å². The van der Waals surface area contributed by atoms with Crippen molar-refractivity contribution in [1.29, 1.82) is 0 Å². The fraction of sp³-hybridized carbons (Fsp3) is 0.389. The summed E-state index contributed by atoms with van der Waals surface area (Å²) in [6.07, 6.45) is 4.87. The van der Waals surface area contributed by atoms with Gasteiger partial charge < -0.3 is 10.0 Å². The zero-order valence-electron chi connectivity index (χ0n) is 14.0. The third-order valence-electron chi connectivity index (χ3n) is 4.93. The summed E-state index contributed by atoms with van der Waals surface area (Å²) in [5.41, 5.74) is -0.872.